The van der Waals surface area contributed by atoms with Crippen molar-refractivity contribution in [2.75, 3.05) is 26.3 Å². The molecule has 1 rings (SSSR count). The van der Waals surface area contributed by atoms with Crippen LogP contribution >= 0.6 is 0 Å². The van der Waals surface area contributed by atoms with E-state index in [4.69, 9.17) is 4.74 Å². The maximum atomic E-state index is 11.7. The van der Waals surface area contributed by atoms with Crippen molar-refractivity contribution in [1.82, 2.24) is 5.32 Å². The standard InChI is InChI=1S/C8H14F3NO2/c9-8(10,11)1-3-12-5-7(13)2-4-14-6-7/h12-13H,1-6H2. The summed E-state index contributed by atoms with van der Waals surface area (Å²) in [5.74, 6) is 0. The van der Waals surface area contributed by atoms with Gasteiger partial charge in [0.25, 0.3) is 0 Å². The summed E-state index contributed by atoms with van der Waals surface area (Å²) in [5.41, 5.74) is -0.981. The number of aliphatic hydroxyl groups is 1. The molecule has 3 nitrogen and oxygen atoms in total. The number of hydrogen-bond donors (Lipinski definition) is 2. The highest BCUT2D eigenvalue weighted by Gasteiger charge is 2.32. The highest BCUT2D eigenvalue weighted by atomic mass is 19.4. The van der Waals surface area contributed by atoms with Crippen LogP contribution in [-0.2, 0) is 4.74 Å². The van der Waals surface area contributed by atoms with Gasteiger partial charge >= 0.3 is 6.18 Å². The Kier molecular flexibility index (Phi) is 3.74. The van der Waals surface area contributed by atoms with E-state index in [1.54, 1.807) is 0 Å². The lowest BCUT2D eigenvalue weighted by Crippen LogP contribution is -2.41. The minimum absolute atomic E-state index is 0.156. The molecule has 1 fully saturated rings. The Balaban J connectivity index is 2.09. The van der Waals surface area contributed by atoms with E-state index in [0.29, 0.717) is 13.0 Å². The number of halogens is 3. The van der Waals surface area contributed by atoms with Crippen LogP contribution in [0.5, 0.6) is 0 Å². The fourth-order valence-electron chi connectivity index (χ4n) is 1.29. The lowest BCUT2D eigenvalue weighted by atomic mass is 10.0. The van der Waals surface area contributed by atoms with Gasteiger partial charge < -0.3 is 15.2 Å². The Morgan fingerprint density at radius 1 is 1.43 bits per heavy atom. The van der Waals surface area contributed by atoms with Crippen LogP contribution in [0.4, 0.5) is 13.2 Å². The van der Waals surface area contributed by atoms with Gasteiger partial charge in [0, 0.05) is 26.1 Å². The fourth-order valence-corrected chi connectivity index (χ4v) is 1.29. The largest absolute Gasteiger partial charge is 0.390 e. The van der Waals surface area contributed by atoms with Crippen molar-refractivity contribution in [1.29, 1.82) is 0 Å². The van der Waals surface area contributed by atoms with Crippen molar-refractivity contribution < 1.29 is 23.0 Å². The molecule has 0 aromatic rings. The molecule has 1 saturated heterocycles. The molecule has 0 amide bonds. The molecule has 1 heterocycles. The molecule has 0 aliphatic carbocycles. The molecular weight excluding hydrogens is 199 g/mol. The Bertz CT molecular complexity index is 178. The number of alkyl halides is 3. The summed E-state index contributed by atoms with van der Waals surface area (Å²) in [6.45, 7) is 0.665. The summed E-state index contributed by atoms with van der Waals surface area (Å²) in [4.78, 5) is 0. The van der Waals surface area contributed by atoms with Crippen molar-refractivity contribution in [3.63, 3.8) is 0 Å². The molecule has 0 bridgehead atoms. The first-order valence-corrected chi connectivity index (χ1v) is 4.49. The van der Waals surface area contributed by atoms with E-state index >= 15 is 0 Å². The quantitative estimate of drug-likeness (QED) is 0.675. The molecule has 1 atom stereocenters. The summed E-state index contributed by atoms with van der Waals surface area (Å²) >= 11 is 0. The zero-order valence-corrected chi connectivity index (χ0v) is 7.73. The summed E-state index contributed by atoms with van der Waals surface area (Å²) in [6.07, 6.45) is -4.53. The van der Waals surface area contributed by atoms with Crippen LogP contribution in [0.3, 0.4) is 0 Å². The molecule has 0 aromatic carbocycles. The third-order valence-electron chi connectivity index (χ3n) is 2.12. The Morgan fingerprint density at radius 3 is 2.64 bits per heavy atom. The van der Waals surface area contributed by atoms with Crippen molar-refractivity contribution >= 4 is 0 Å². The second-order valence-electron chi connectivity index (χ2n) is 3.57. The van der Waals surface area contributed by atoms with Gasteiger partial charge in [-0.2, -0.15) is 13.2 Å². The smallest absolute Gasteiger partial charge is 0.386 e. The number of ether oxygens (including phenoxy) is 1. The topological polar surface area (TPSA) is 41.5 Å². The highest BCUT2D eigenvalue weighted by Crippen LogP contribution is 2.19. The average Bonchev–Trinajstić information content (AvgIpc) is 2.45. The predicted molar refractivity (Wildman–Crippen MR) is 43.9 cm³/mol. The molecule has 1 unspecified atom stereocenters. The highest BCUT2D eigenvalue weighted by molar-refractivity contribution is 4.84. The van der Waals surface area contributed by atoms with E-state index < -0.39 is 18.2 Å². The van der Waals surface area contributed by atoms with E-state index in [0.717, 1.165) is 0 Å². The Labute approximate surface area is 80.2 Å². The second kappa shape index (κ2) is 4.46. The maximum Gasteiger partial charge on any atom is 0.390 e. The maximum absolute atomic E-state index is 11.7. The van der Waals surface area contributed by atoms with Crippen molar-refractivity contribution in [3.8, 4) is 0 Å². The Hall–Kier alpha value is -0.330. The third-order valence-corrected chi connectivity index (χ3v) is 2.12. The first-order chi connectivity index (χ1) is 6.41. The van der Waals surface area contributed by atoms with Crippen LogP contribution in [-0.4, -0.2) is 43.2 Å². The molecule has 0 saturated carbocycles. The second-order valence-corrected chi connectivity index (χ2v) is 3.57. The summed E-state index contributed by atoms with van der Waals surface area (Å²) in [6, 6.07) is 0. The minimum Gasteiger partial charge on any atom is -0.386 e. The number of nitrogens with one attached hydrogen (secondary N) is 1. The molecule has 1 aliphatic rings. The first-order valence-electron chi connectivity index (χ1n) is 4.49. The molecule has 1 aliphatic heterocycles. The summed E-state index contributed by atoms with van der Waals surface area (Å²) in [7, 11) is 0. The summed E-state index contributed by atoms with van der Waals surface area (Å²) in [5, 5.41) is 12.2. The molecule has 0 radical (unpaired) electrons. The van der Waals surface area contributed by atoms with Gasteiger partial charge in [-0.3, -0.25) is 0 Å². The molecule has 2 N–H and O–H groups in total. The molecule has 0 aromatic heterocycles. The monoisotopic (exact) mass is 213 g/mol. The lowest BCUT2D eigenvalue weighted by Gasteiger charge is -2.20. The molecule has 0 spiro atoms. The van der Waals surface area contributed by atoms with Crippen LogP contribution in [0, 0.1) is 0 Å². The zero-order valence-electron chi connectivity index (χ0n) is 7.73. The predicted octanol–water partition coefficient (Wildman–Crippen LogP) is 0.680. The van der Waals surface area contributed by atoms with Crippen LogP contribution in [0.1, 0.15) is 12.8 Å². The van der Waals surface area contributed by atoms with Crippen LogP contribution in [0.2, 0.25) is 0 Å². The van der Waals surface area contributed by atoms with Crippen molar-refractivity contribution in [2.24, 2.45) is 0 Å². The average molecular weight is 213 g/mol. The van der Waals surface area contributed by atoms with Gasteiger partial charge in [-0.1, -0.05) is 0 Å². The van der Waals surface area contributed by atoms with Crippen LogP contribution in [0.25, 0.3) is 0 Å². The first kappa shape index (κ1) is 11.7. The van der Waals surface area contributed by atoms with Gasteiger partial charge in [-0.15, -0.1) is 0 Å². The normalized spacial score (nSPS) is 28.3. The van der Waals surface area contributed by atoms with Crippen LogP contribution in [0.15, 0.2) is 0 Å². The molecule has 6 heteroatoms. The van der Waals surface area contributed by atoms with Crippen LogP contribution < -0.4 is 5.32 Å². The zero-order chi connectivity index (χ0) is 10.7. The van der Waals surface area contributed by atoms with Gasteiger partial charge in [0.15, 0.2) is 0 Å². The number of hydrogen-bond acceptors (Lipinski definition) is 3. The fraction of sp³-hybridized carbons (Fsp3) is 1.00. The molecule has 84 valence electrons. The van der Waals surface area contributed by atoms with Gasteiger partial charge in [-0.05, 0) is 0 Å². The van der Waals surface area contributed by atoms with Gasteiger partial charge in [-0.25, -0.2) is 0 Å². The van der Waals surface area contributed by atoms with E-state index in [9.17, 15) is 18.3 Å². The van der Waals surface area contributed by atoms with Gasteiger partial charge in [0.2, 0.25) is 0 Å². The van der Waals surface area contributed by atoms with E-state index in [1.165, 1.54) is 0 Å². The van der Waals surface area contributed by atoms with Crippen molar-refractivity contribution in [3.05, 3.63) is 0 Å². The van der Waals surface area contributed by atoms with Gasteiger partial charge in [0.05, 0.1) is 13.0 Å². The minimum atomic E-state index is -4.14. The van der Waals surface area contributed by atoms with Gasteiger partial charge in [0.1, 0.15) is 5.60 Å². The lowest BCUT2D eigenvalue weighted by molar-refractivity contribution is -0.133. The SMILES string of the molecule is OC1(CNCCC(F)(F)F)CCOC1. The van der Waals surface area contributed by atoms with E-state index in [2.05, 4.69) is 5.32 Å². The van der Waals surface area contributed by atoms with E-state index in [1.807, 2.05) is 0 Å². The Morgan fingerprint density at radius 2 is 2.14 bits per heavy atom. The molecule has 14 heavy (non-hydrogen) atoms. The van der Waals surface area contributed by atoms with Crippen molar-refractivity contribution in [2.45, 2.75) is 24.6 Å². The molecular formula is C8H14F3NO2. The number of rotatable bonds is 4. The summed E-state index contributed by atoms with van der Waals surface area (Å²) < 4.78 is 40.1. The van der Waals surface area contributed by atoms with E-state index in [-0.39, 0.29) is 19.7 Å². The third kappa shape index (κ3) is 4.26.